The van der Waals surface area contributed by atoms with Gasteiger partial charge in [0.1, 0.15) is 0 Å². The molecular weight excluding hydrogens is 220 g/mol. The summed E-state index contributed by atoms with van der Waals surface area (Å²) in [6.07, 6.45) is 0. The molecule has 0 fully saturated rings. The fourth-order valence-corrected chi connectivity index (χ4v) is 1.70. The number of hydrogen-bond acceptors (Lipinski definition) is 2. The molecule has 2 heteroatoms. The van der Waals surface area contributed by atoms with Crippen molar-refractivity contribution < 1.29 is 0 Å². The molecule has 0 unspecified atom stereocenters. The Morgan fingerprint density at radius 1 is 0.667 bits per heavy atom. The van der Waals surface area contributed by atoms with E-state index in [9.17, 15) is 0 Å². The van der Waals surface area contributed by atoms with Crippen LogP contribution in [0.25, 0.3) is 0 Å². The molecule has 1 aromatic carbocycles. The number of rotatable bonds is 3. The van der Waals surface area contributed by atoms with Gasteiger partial charge in [0, 0.05) is 0 Å². The van der Waals surface area contributed by atoms with E-state index in [1.54, 1.807) is 0 Å². The quantitative estimate of drug-likeness (QED) is 0.673. The van der Waals surface area contributed by atoms with Crippen molar-refractivity contribution in [2.45, 2.75) is 59.3 Å². The third-order valence-corrected chi connectivity index (χ3v) is 3.00. The normalized spacial score (nSPS) is 10.3. The SMILES string of the molecule is CC(C)c1cc(C(C)C)cc(C(C)C)c1.N=C=N. The van der Waals surface area contributed by atoms with Crippen LogP contribution < -0.4 is 0 Å². The van der Waals surface area contributed by atoms with Crippen molar-refractivity contribution in [3.05, 3.63) is 34.9 Å². The molecule has 1 rings (SSSR count). The van der Waals surface area contributed by atoms with Gasteiger partial charge < -0.3 is 0 Å². The average molecular weight is 246 g/mol. The second kappa shape index (κ2) is 7.84. The minimum Gasteiger partial charge on any atom is -0.242 e. The van der Waals surface area contributed by atoms with Crippen LogP contribution in [0.5, 0.6) is 0 Å². The molecule has 0 aliphatic heterocycles. The Kier molecular flexibility index (Phi) is 7.23. The zero-order valence-electron chi connectivity index (χ0n) is 12.5. The number of hydrogen-bond donors (Lipinski definition) is 2. The van der Waals surface area contributed by atoms with Gasteiger partial charge in [0.15, 0.2) is 0 Å². The van der Waals surface area contributed by atoms with E-state index in [-0.39, 0.29) is 0 Å². The summed E-state index contributed by atoms with van der Waals surface area (Å²) in [7, 11) is 0. The molecule has 0 aliphatic rings. The Balaban J connectivity index is 0.000000873. The van der Waals surface area contributed by atoms with Crippen LogP contribution in [0, 0.1) is 10.8 Å². The summed E-state index contributed by atoms with van der Waals surface area (Å²) in [5.41, 5.74) is 4.43. The van der Waals surface area contributed by atoms with Crippen LogP contribution in [0.4, 0.5) is 0 Å². The van der Waals surface area contributed by atoms with E-state index in [0.717, 1.165) is 0 Å². The third kappa shape index (κ3) is 5.29. The molecule has 0 radical (unpaired) electrons. The first kappa shape index (κ1) is 16.6. The Bertz CT molecular complexity index is 333. The van der Waals surface area contributed by atoms with Crippen LogP contribution in [0.3, 0.4) is 0 Å². The Labute approximate surface area is 111 Å². The van der Waals surface area contributed by atoms with Crippen LogP contribution in [-0.2, 0) is 0 Å². The summed E-state index contributed by atoms with van der Waals surface area (Å²) in [5, 5.41) is 11.2. The van der Waals surface area contributed by atoms with Crippen LogP contribution in [0.15, 0.2) is 18.2 Å². The number of nitrogens with one attached hydrogen (secondary N) is 2. The lowest BCUT2D eigenvalue weighted by Crippen LogP contribution is -1.98. The molecule has 0 atom stereocenters. The molecule has 18 heavy (non-hydrogen) atoms. The van der Waals surface area contributed by atoms with Crippen LogP contribution in [0.1, 0.15) is 76.0 Å². The van der Waals surface area contributed by atoms with Crippen molar-refractivity contribution in [1.82, 2.24) is 0 Å². The van der Waals surface area contributed by atoms with Gasteiger partial charge in [-0.15, -0.1) is 0 Å². The number of benzene rings is 1. The Morgan fingerprint density at radius 3 is 0.944 bits per heavy atom. The molecule has 0 saturated heterocycles. The molecule has 1 aromatic rings. The van der Waals surface area contributed by atoms with E-state index >= 15 is 0 Å². The smallest absolute Gasteiger partial charge is 0.0831 e. The molecule has 0 aliphatic carbocycles. The first-order valence-corrected chi connectivity index (χ1v) is 6.56. The molecule has 0 amide bonds. The minimum absolute atomic E-state index is 0.626. The maximum absolute atomic E-state index is 5.62. The zero-order chi connectivity index (χ0) is 14.3. The standard InChI is InChI=1S/C15H24.CH2N2/c1-10(2)13-7-14(11(3)4)9-15(8-13)12(5)6;2-1-3/h7-12H,1-6H3;2-3H. The zero-order valence-corrected chi connectivity index (χ0v) is 12.5. The predicted molar refractivity (Wildman–Crippen MR) is 79.2 cm³/mol. The van der Waals surface area contributed by atoms with Gasteiger partial charge in [-0.25, -0.2) is 10.8 Å². The summed E-state index contributed by atoms with van der Waals surface area (Å²) in [5.74, 6) is 1.88. The first-order chi connectivity index (χ1) is 8.33. The highest BCUT2D eigenvalue weighted by molar-refractivity contribution is 5.35. The monoisotopic (exact) mass is 246 g/mol. The van der Waals surface area contributed by atoms with Gasteiger partial charge in [-0.3, -0.25) is 0 Å². The largest absolute Gasteiger partial charge is 0.242 e. The van der Waals surface area contributed by atoms with Crippen molar-refractivity contribution in [2.75, 3.05) is 0 Å². The predicted octanol–water partition coefficient (Wildman–Crippen LogP) is 5.37. The average Bonchev–Trinajstić information content (AvgIpc) is 2.29. The molecule has 0 heterocycles. The second-order valence-electron chi connectivity index (χ2n) is 5.52. The van der Waals surface area contributed by atoms with E-state index in [0.29, 0.717) is 17.8 Å². The fraction of sp³-hybridized carbons (Fsp3) is 0.562. The molecule has 0 bridgehead atoms. The van der Waals surface area contributed by atoms with Gasteiger partial charge in [0.25, 0.3) is 0 Å². The maximum atomic E-state index is 5.62. The van der Waals surface area contributed by atoms with Crippen LogP contribution >= 0.6 is 0 Å². The van der Waals surface area contributed by atoms with Crippen molar-refractivity contribution in [3.63, 3.8) is 0 Å². The summed E-state index contributed by atoms with van der Waals surface area (Å²) < 4.78 is 0. The van der Waals surface area contributed by atoms with E-state index < -0.39 is 0 Å². The van der Waals surface area contributed by atoms with Gasteiger partial charge >= 0.3 is 0 Å². The lowest BCUT2D eigenvalue weighted by molar-refractivity contribution is 0.804. The van der Waals surface area contributed by atoms with Crippen molar-refractivity contribution >= 4 is 6.01 Å². The Morgan fingerprint density at radius 2 is 0.833 bits per heavy atom. The van der Waals surface area contributed by atoms with Gasteiger partial charge in [-0.1, -0.05) is 59.7 Å². The van der Waals surface area contributed by atoms with Crippen LogP contribution in [-0.4, -0.2) is 6.01 Å². The van der Waals surface area contributed by atoms with Crippen molar-refractivity contribution in [2.24, 2.45) is 0 Å². The molecule has 100 valence electrons. The highest BCUT2D eigenvalue weighted by Gasteiger charge is 2.08. The summed E-state index contributed by atoms with van der Waals surface area (Å²) in [6, 6.07) is 8.34. The van der Waals surface area contributed by atoms with E-state index in [4.69, 9.17) is 10.8 Å². The van der Waals surface area contributed by atoms with Gasteiger partial charge in [0.2, 0.25) is 0 Å². The molecule has 2 nitrogen and oxygen atoms in total. The summed E-state index contributed by atoms with van der Waals surface area (Å²) in [4.78, 5) is 0. The maximum Gasteiger partial charge on any atom is 0.0831 e. The second-order valence-corrected chi connectivity index (χ2v) is 5.52. The topological polar surface area (TPSA) is 47.7 Å². The van der Waals surface area contributed by atoms with Gasteiger partial charge in [-0.2, -0.15) is 0 Å². The molecule has 2 N–H and O–H groups in total. The van der Waals surface area contributed by atoms with Crippen molar-refractivity contribution in [3.8, 4) is 0 Å². The summed E-state index contributed by atoms with van der Waals surface area (Å²) >= 11 is 0. The van der Waals surface area contributed by atoms with E-state index in [1.165, 1.54) is 22.7 Å². The fourth-order valence-electron chi connectivity index (χ4n) is 1.70. The third-order valence-electron chi connectivity index (χ3n) is 3.00. The molecular formula is C16H26N2. The Hall–Kier alpha value is -1.40. The lowest BCUT2D eigenvalue weighted by Gasteiger charge is -2.16. The highest BCUT2D eigenvalue weighted by atomic mass is 14.4. The van der Waals surface area contributed by atoms with Crippen LogP contribution in [0.2, 0.25) is 0 Å². The van der Waals surface area contributed by atoms with Gasteiger partial charge in [0.05, 0.1) is 6.01 Å². The van der Waals surface area contributed by atoms with E-state index in [1.807, 2.05) is 0 Å². The molecule has 0 aromatic heterocycles. The lowest BCUT2D eigenvalue weighted by atomic mass is 9.90. The summed E-state index contributed by atoms with van der Waals surface area (Å²) in [6.45, 7) is 13.6. The molecule has 0 saturated carbocycles. The minimum atomic E-state index is 0.626. The molecule has 0 spiro atoms. The first-order valence-electron chi connectivity index (χ1n) is 6.56. The van der Waals surface area contributed by atoms with Crippen molar-refractivity contribution in [1.29, 1.82) is 10.8 Å². The highest BCUT2D eigenvalue weighted by Crippen LogP contribution is 2.26. The van der Waals surface area contributed by atoms with Gasteiger partial charge in [-0.05, 0) is 34.4 Å². The van der Waals surface area contributed by atoms with E-state index in [2.05, 4.69) is 59.7 Å².